The van der Waals surface area contributed by atoms with E-state index >= 15 is 0 Å². The maximum Gasteiger partial charge on any atom is 0.217 e. The third kappa shape index (κ3) is 1.85. The molecular weight excluding hydrogens is 277 g/mol. The van der Waals surface area contributed by atoms with Gasteiger partial charge in [-0.15, -0.1) is 0 Å². The molecule has 0 aliphatic heterocycles. The van der Waals surface area contributed by atoms with Gasteiger partial charge in [0, 0.05) is 16.9 Å². The second-order valence-corrected chi connectivity index (χ2v) is 5.91. The normalized spacial score (nSPS) is 43.2. The molecule has 2 aliphatic rings. The Morgan fingerprint density at radius 3 is 2.62 bits per heavy atom. The van der Waals surface area contributed by atoms with E-state index < -0.39 is 0 Å². The Morgan fingerprint density at radius 2 is 1.92 bits per heavy atom. The van der Waals surface area contributed by atoms with Gasteiger partial charge >= 0.3 is 0 Å². The Bertz CT molecular complexity index is 219. The predicted octanol–water partition coefficient (Wildman–Crippen LogP) is 2.11. The van der Waals surface area contributed by atoms with E-state index in [-0.39, 0.29) is 5.91 Å². The highest BCUT2D eigenvalue weighted by molar-refractivity contribution is 14.1. The molecule has 13 heavy (non-hydrogen) atoms. The highest BCUT2D eigenvalue weighted by atomic mass is 127. The molecule has 0 aromatic heterocycles. The third-order valence-electron chi connectivity index (χ3n) is 3.51. The minimum atomic E-state index is 0.141. The van der Waals surface area contributed by atoms with Crippen LogP contribution < -0.4 is 5.32 Å². The first-order valence-corrected chi connectivity index (χ1v) is 6.34. The van der Waals surface area contributed by atoms with Crippen molar-refractivity contribution >= 4 is 28.5 Å². The van der Waals surface area contributed by atoms with E-state index in [1.165, 1.54) is 25.7 Å². The average molecular weight is 293 g/mol. The molecule has 1 N–H and O–H groups in total. The van der Waals surface area contributed by atoms with E-state index in [9.17, 15) is 4.79 Å². The van der Waals surface area contributed by atoms with Crippen LogP contribution in [0, 0.1) is 11.8 Å². The maximum atomic E-state index is 11.0. The number of amides is 1. The fraction of sp³-hybridized carbons (Fsp3) is 0.900. The molecule has 2 aliphatic carbocycles. The lowest BCUT2D eigenvalue weighted by molar-refractivity contribution is -0.119. The number of fused-ring (bicyclic) bond motifs is 1. The number of carbonyl (C=O) groups is 1. The molecule has 0 aromatic rings. The van der Waals surface area contributed by atoms with Crippen molar-refractivity contribution in [2.24, 2.45) is 11.8 Å². The van der Waals surface area contributed by atoms with Gasteiger partial charge in [0.25, 0.3) is 0 Å². The van der Waals surface area contributed by atoms with Crippen molar-refractivity contribution in [3.63, 3.8) is 0 Å². The lowest BCUT2D eigenvalue weighted by atomic mass is 9.98. The molecule has 4 atom stereocenters. The van der Waals surface area contributed by atoms with Gasteiger partial charge in [-0.25, -0.2) is 0 Å². The van der Waals surface area contributed by atoms with Gasteiger partial charge in [0.1, 0.15) is 0 Å². The predicted molar refractivity (Wildman–Crippen MR) is 60.9 cm³/mol. The summed E-state index contributed by atoms with van der Waals surface area (Å²) in [4.78, 5) is 11.0. The van der Waals surface area contributed by atoms with E-state index in [4.69, 9.17) is 0 Å². The minimum Gasteiger partial charge on any atom is -0.353 e. The van der Waals surface area contributed by atoms with E-state index in [0.717, 1.165) is 15.8 Å². The summed E-state index contributed by atoms with van der Waals surface area (Å²) in [5.41, 5.74) is 0. The first-order chi connectivity index (χ1) is 6.18. The van der Waals surface area contributed by atoms with Crippen LogP contribution in [0.25, 0.3) is 0 Å². The highest BCUT2D eigenvalue weighted by Gasteiger charge is 2.43. The SMILES string of the molecule is CC(=O)NC1CCC2C(I)CCC12. The number of alkyl halides is 1. The first kappa shape index (κ1) is 9.74. The van der Waals surface area contributed by atoms with E-state index in [0.29, 0.717) is 6.04 Å². The monoisotopic (exact) mass is 293 g/mol. The van der Waals surface area contributed by atoms with Crippen molar-refractivity contribution in [3.05, 3.63) is 0 Å². The molecule has 0 bridgehead atoms. The molecule has 2 nitrogen and oxygen atoms in total. The van der Waals surface area contributed by atoms with Gasteiger partial charge in [-0.1, -0.05) is 22.6 Å². The van der Waals surface area contributed by atoms with E-state index in [1.807, 2.05) is 0 Å². The Morgan fingerprint density at radius 1 is 1.23 bits per heavy atom. The summed E-state index contributed by atoms with van der Waals surface area (Å²) >= 11 is 2.58. The summed E-state index contributed by atoms with van der Waals surface area (Å²) < 4.78 is 0.862. The summed E-state index contributed by atoms with van der Waals surface area (Å²) in [6.45, 7) is 1.63. The smallest absolute Gasteiger partial charge is 0.217 e. The molecule has 0 heterocycles. The number of hydrogen-bond acceptors (Lipinski definition) is 1. The molecule has 2 rings (SSSR count). The summed E-state index contributed by atoms with van der Waals surface area (Å²) in [5, 5.41) is 3.09. The van der Waals surface area contributed by atoms with Crippen LogP contribution in [0.2, 0.25) is 0 Å². The van der Waals surface area contributed by atoms with Gasteiger partial charge in [-0.2, -0.15) is 0 Å². The molecule has 0 spiro atoms. The zero-order chi connectivity index (χ0) is 9.42. The summed E-state index contributed by atoms with van der Waals surface area (Å²) in [6.07, 6.45) is 5.20. The van der Waals surface area contributed by atoms with Crippen molar-refractivity contribution in [2.75, 3.05) is 0 Å². The molecule has 74 valence electrons. The van der Waals surface area contributed by atoms with Crippen LogP contribution in [0.4, 0.5) is 0 Å². The molecule has 2 saturated carbocycles. The molecule has 0 saturated heterocycles. The Labute approximate surface area is 93.0 Å². The van der Waals surface area contributed by atoms with Gasteiger partial charge < -0.3 is 5.32 Å². The molecule has 1 amide bonds. The van der Waals surface area contributed by atoms with Crippen molar-refractivity contribution in [1.29, 1.82) is 0 Å². The molecule has 2 fully saturated rings. The maximum absolute atomic E-state index is 11.0. The highest BCUT2D eigenvalue weighted by Crippen LogP contribution is 2.47. The standard InChI is InChI=1S/C10H16INO/c1-6(13)12-10-5-3-7-8(10)2-4-9(7)11/h7-10H,2-5H2,1H3,(H,12,13). The van der Waals surface area contributed by atoms with Crippen molar-refractivity contribution in [3.8, 4) is 0 Å². The van der Waals surface area contributed by atoms with E-state index in [2.05, 4.69) is 27.9 Å². The molecule has 3 heteroatoms. The number of nitrogens with one attached hydrogen (secondary N) is 1. The Hall–Kier alpha value is 0.200. The van der Waals surface area contributed by atoms with Gasteiger partial charge in [-0.3, -0.25) is 4.79 Å². The number of carbonyl (C=O) groups excluding carboxylic acids is 1. The van der Waals surface area contributed by atoms with Gasteiger partial charge in [0.2, 0.25) is 5.91 Å². The number of halogens is 1. The van der Waals surface area contributed by atoms with Crippen LogP contribution in [0.15, 0.2) is 0 Å². The molecule has 4 unspecified atom stereocenters. The fourth-order valence-corrected chi connectivity index (χ4v) is 4.22. The zero-order valence-corrected chi connectivity index (χ0v) is 10.1. The van der Waals surface area contributed by atoms with E-state index in [1.54, 1.807) is 6.92 Å². The summed E-state index contributed by atoms with van der Waals surface area (Å²) in [5.74, 6) is 1.81. The quantitative estimate of drug-likeness (QED) is 0.582. The third-order valence-corrected chi connectivity index (χ3v) is 5.05. The average Bonchev–Trinajstić information content (AvgIpc) is 2.56. The van der Waals surface area contributed by atoms with Crippen molar-refractivity contribution in [2.45, 2.75) is 42.6 Å². The van der Waals surface area contributed by atoms with Crippen LogP contribution in [-0.2, 0) is 4.79 Å². The van der Waals surface area contributed by atoms with Crippen molar-refractivity contribution in [1.82, 2.24) is 5.32 Å². The Kier molecular flexibility index (Phi) is 2.81. The zero-order valence-electron chi connectivity index (χ0n) is 7.92. The summed E-state index contributed by atoms with van der Waals surface area (Å²) in [6, 6.07) is 0.488. The molecule has 0 radical (unpaired) electrons. The molecule has 0 aromatic carbocycles. The topological polar surface area (TPSA) is 29.1 Å². The van der Waals surface area contributed by atoms with Crippen LogP contribution in [0.5, 0.6) is 0 Å². The van der Waals surface area contributed by atoms with Crippen LogP contribution in [-0.4, -0.2) is 15.9 Å². The fourth-order valence-electron chi connectivity index (χ4n) is 2.97. The Balaban J connectivity index is 1.98. The lowest BCUT2D eigenvalue weighted by Crippen LogP contribution is -2.36. The number of hydrogen-bond donors (Lipinski definition) is 1. The van der Waals surface area contributed by atoms with Crippen LogP contribution >= 0.6 is 22.6 Å². The van der Waals surface area contributed by atoms with Crippen molar-refractivity contribution < 1.29 is 4.79 Å². The largest absolute Gasteiger partial charge is 0.353 e. The lowest BCUT2D eigenvalue weighted by Gasteiger charge is -2.19. The van der Waals surface area contributed by atoms with Crippen LogP contribution in [0.1, 0.15) is 32.6 Å². The van der Waals surface area contributed by atoms with Gasteiger partial charge in [-0.05, 0) is 37.5 Å². The van der Waals surface area contributed by atoms with Gasteiger partial charge in [0.15, 0.2) is 0 Å². The van der Waals surface area contributed by atoms with Gasteiger partial charge in [0.05, 0.1) is 0 Å². The molecular formula is C10H16INO. The number of rotatable bonds is 1. The first-order valence-electron chi connectivity index (χ1n) is 5.09. The van der Waals surface area contributed by atoms with Crippen LogP contribution in [0.3, 0.4) is 0 Å². The minimum absolute atomic E-state index is 0.141. The second-order valence-electron chi connectivity index (χ2n) is 4.31. The second kappa shape index (κ2) is 3.75. The summed E-state index contributed by atoms with van der Waals surface area (Å²) in [7, 11) is 0.